The monoisotopic (exact) mass is 428 g/mol. The van der Waals surface area contributed by atoms with Crippen LogP contribution in [0.4, 0.5) is 0 Å². The van der Waals surface area contributed by atoms with Crippen molar-refractivity contribution < 1.29 is 23.9 Å². The lowest BCUT2D eigenvalue weighted by molar-refractivity contribution is -0.159. The number of carbonyl (C=O) groups is 3. The van der Waals surface area contributed by atoms with Crippen LogP contribution in [-0.2, 0) is 23.9 Å². The maximum atomic E-state index is 13.0. The fraction of sp³-hybridized carbons (Fsp3) is 0.625. The molecule has 1 aromatic rings. The molecule has 1 heterocycles. The maximum Gasteiger partial charge on any atom is 0.307 e. The fourth-order valence-corrected chi connectivity index (χ4v) is 4.67. The summed E-state index contributed by atoms with van der Waals surface area (Å²) >= 11 is 0. The summed E-state index contributed by atoms with van der Waals surface area (Å²) in [4.78, 5) is 40.5. The molecule has 1 N–H and O–H groups in total. The van der Waals surface area contributed by atoms with Crippen LogP contribution in [0.5, 0.6) is 0 Å². The van der Waals surface area contributed by atoms with Gasteiger partial charge in [-0.25, -0.2) is 0 Å². The zero-order valence-corrected chi connectivity index (χ0v) is 18.0. The van der Waals surface area contributed by atoms with Gasteiger partial charge in [0.25, 0.3) is 5.91 Å². The first-order valence-electron chi connectivity index (χ1n) is 11.5. The molecule has 4 rings (SSSR count). The molecule has 2 aliphatic carbocycles. The average Bonchev–Trinajstić information content (AvgIpc) is 3.49. The first-order chi connectivity index (χ1) is 15.0. The van der Waals surface area contributed by atoms with Crippen LogP contribution < -0.4 is 5.32 Å². The maximum absolute atomic E-state index is 13.0. The standard InChI is InChI=1S/C24H32N2O5/c27-20(26-12-14-30-15-13-26)16-24(10-4-5-11-24)17-21(28)31-22(18-6-2-1-3-7-18)23(29)25-19-8-9-19/h1-3,6-7,19,22H,4-5,8-17H2,(H,25,29)/t22-/m0/s1. The third-order valence-corrected chi connectivity index (χ3v) is 6.59. The molecule has 1 atom stereocenters. The van der Waals surface area contributed by atoms with Gasteiger partial charge >= 0.3 is 5.97 Å². The van der Waals surface area contributed by atoms with Crippen LogP contribution in [-0.4, -0.2) is 55.0 Å². The summed E-state index contributed by atoms with van der Waals surface area (Å²) in [5.41, 5.74) is 0.291. The lowest BCUT2D eigenvalue weighted by atomic mass is 9.79. The third kappa shape index (κ3) is 5.85. The van der Waals surface area contributed by atoms with Gasteiger partial charge in [0.15, 0.2) is 0 Å². The number of carbonyl (C=O) groups excluding carboxylic acids is 3. The van der Waals surface area contributed by atoms with Crippen molar-refractivity contribution >= 4 is 17.8 Å². The van der Waals surface area contributed by atoms with Crippen LogP contribution in [0.25, 0.3) is 0 Å². The highest BCUT2D eigenvalue weighted by molar-refractivity contribution is 5.86. The summed E-state index contributed by atoms with van der Waals surface area (Å²) in [6.45, 7) is 2.35. The minimum Gasteiger partial charge on any atom is -0.447 e. The number of benzene rings is 1. The molecule has 168 valence electrons. The number of ether oxygens (including phenoxy) is 2. The van der Waals surface area contributed by atoms with E-state index < -0.39 is 12.1 Å². The van der Waals surface area contributed by atoms with Gasteiger partial charge in [0.1, 0.15) is 0 Å². The van der Waals surface area contributed by atoms with Crippen molar-refractivity contribution in [2.45, 2.75) is 63.5 Å². The Morgan fingerprint density at radius 1 is 1.06 bits per heavy atom. The number of hydrogen-bond acceptors (Lipinski definition) is 5. The Morgan fingerprint density at radius 3 is 2.39 bits per heavy atom. The second-order valence-electron chi connectivity index (χ2n) is 9.12. The quantitative estimate of drug-likeness (QED) is 0.644. The van der Waals surface area contributed by atoms with Gasteiger partial charge in [0.2, 0.25) is 12.0 Å². The number of morpholine rings is 1. The first kappa shape index (κ1) is 21.8. The predicted octanol–water partition coefficient (Wildman–Crippen LogP) is 2.75. The van der Waals surface area contributed by atoms with Crippen LogP contribution >= 0.6 is 0 Å². The van der Waals surface area contributed by atoms with Crippen molar-refractivity contribution in [2.75, 3.05) is 26.3 Å². The van der Waals surface area contributed by atoms with Crippen LogP contribution in [0.1, 0.15) is 63.0 Å². The molecule has 2 amide bonds. The molecule has 1 aromatic carbocycles. The van der Waals surface area contributed by atoms with Gasteiger partial charge in [-0.3, -0.25) is 14.4 Å². The van der Waals surface area contributed by atoms with Crippen LogP contribution in [0.3, 0.4) is 0 Å². The molecule has 0 bridgehead atoms. The van der Waals surface area contributed by atoms with Gasteiger partial charge in [-0.05, 0) is 31.1 Å². The number of hydrogen-bond donors (Lipinski definition) is 1. The lowest BCUT2D eigenvalue weighted by Crippen LogP contribution is -2.43. The summed E-state index contributed by atoms with van der Waals surface area (Å²) in [5.74, 6) is -0.590. The Bertz CT molecular complexity index is 780. The molecule has 31 heavy (non-hydrogen) atoms. The van der Waals surface area contributed by atoms with Gasteiger partial charge in [0.05, 0.1) is 19.6 Å². The van der Waals surface area contributed by atoms with E-state index in [1.165, 1.54) is 0 Å². The van der Waals surface area contributed by atoms with Gasteiger partial charge in [-0.15, -0.1) is 0 Å². The molecule has 1 saturated heterocycles. The highest BCUT2D eigenvalue weighted by atomic mass is 16.5. The predicted molar refractivity (Wildman–Crippen MR) is 114 cm³/mol. The SMILES string of the molecule is O=C(CC1(CC(=O)N2CCOCC2)CCCC1)O[C@H](C(=O)NC1CC1)c1ccccc1. The van der Waals surface area contributed by atoms with E-state index in [4.69, 9.17) is 9.47 Å². The highest BCUT2D eigenvalue weighted by Crippen LogP contribution is 2.45. The van der Waals surface area contributed by atoms with Gasteiger partial charge in [0, 0.05) is 31.1 Å². The zero-order valence-electron chi connectivity index (χ0n) is 18.0. The number of nitrogens with one attached hydrogen (secondary N) is 1. The molecule has 3 aliphatic rings. The van der Waals surface area contributed by atoms with E-state index in [0.29, 0.717) is 38.3 Å². The molecule has 7 nitrogen and oxygen atoms in total. The van der Waals surface area contributed by atoms with Crippen molar-refractivity contribution in [3.63, 3.8) is 0 Å². The molecule has 7 heteroatoms. The Kier molecular flexibility index (Phi) is 6.90. The Morgan fingerprint density at radius 2 is 1.74 bits per heavy atom. The Hall–Kier alpha value is -2.41. The summed E-state index contributed by atoms with van der Waals surface area (Å²) in [7, 11) is 0. The topological polar surface area (TPSA) is 84.9 Å². The van der Waals surface area contributed by atoms with Crippen LogP contribution in [0, 0.1) is 5.41 Å². The van der Waals surface area contributed by atoms with E-state index in [1.54, 1.807) is 12.1 Å². The average molecular weight is 429 g/mol. The zero-order chi connectivity index (χ0) is 21.7. The first-order valence-corrected chi connectivity index (χ1v) is 11.5. The molecule has 0 aromatic heterocycles. The Balaban J connectivity index is 1.42. The molecular formula is C24H32N2O5. The minimum absolute atomic E-state index is 0.0871. The van der Waals surface area contributed by atoms with Crippen molar-refractivity contribution in [3.8, 4) is 0 Å². The molecule has 0 radical (unpaired) electrons. The molecule has 0 unspecified atom stereocenters. The van der Waals surface area contributed by atoms with E-state index in [-0.39, 0.29) is 29.7 Å². The summed E-state index contributed by atoms with van der Waals surface area (Å²) < 4.78 is 11.1. The number of nitrogens with zero attached hydrogens (tertiary/aromatic N) is 1. The van der Waals surface area contributed by atoms with Gasteiger partial charge in [-0.1, -0.05) is 43.2 Å². The van der Waals surface area contributed by atoms with Crippen LogP contribution in [0.15, 0.2) is 30.3 Å². The van der Waals surface area contributed by atoms with Gasteiger partial charge < -0.3 is 19.7 Å². The van der Waals surface area contributed by atoms with E-state index in [9.17, 15) is 14.4 Å². The van der Waals surface area contributed by atoms with Crippen molar-refractivity contribution in [1.82, 2.24) is 10.2 Å². The van der Waals surface area contributed by atoms with Crippen LogP contribution in [0.2, 0.25) is 0 Å². The molecule has 0 spiro atoms. The van der Waals surface area contributed by atoms with Crippen molar-refractivity contribution in [1.29, 1.82) is 0 Å². The molecule has 3 fully saturated rings. The second-order valence-corrected chi connectivity index (χ2v) is 9.12. The largest absolute Gasteiger partial charge is 0.447 e. The summed E-state index contributed by atoms with van der Waals surface area (Å²) in [6, 6.07) is 9.33. The van der Waals surface area contributed by atoms with E-state index >= 15 is 0 Å². The highest BCUT2D eigenvalue weighted by Gasteiger charge is 2.41. The van der Waals surface area contributed by atoms with Crippen molar-refractivity contribution in [3.05, 3.63) is 35.9 Å². The lowest BCUT2D eigenvalue weighted by Gasteiger charge is -2.33. The molecule has 2 saturated carbocycles. The number of rotatable bonds is 8. The Labute approximate surface area is 183 Å². The molecule has 1 aliphatic heterocycles. The normalized spacial score (nSPS) is 21.4. The smallest absolute Gasteiger partial charge is 0.307 e. The summed E-state index contributed by atoms with van der Waals surface area (Å²) in [5, 5.41) is 2.95. The molecular weight excluding hydrogens is 396 g/mol. The van der Waals surface area contributed by atoms with Crippen molar-refractivity contribution in [2.24, 2.45) is 5.41 Å². The second kappa shape index (κ2) is 9.81. The number of esters is 1. The van der Waals surface area contributed by atoms with E-state index in [0.717, 1.165) is 38.5 Å². The van der Waals surface area contributed by atoms with E-state index in [2.05, 4.69) is 5.32 Å². The van der Waals surface area contributed by atoms with E-state index in [1.807, 2.05) is 23.1 Å². The summed E-state index contributed by atoms with van der Waals surface area (Å²) in [6.07, 6.45) is 5.19. The third-order valence-electron chi connectivity index (χ3n) is 6.59. The number of amides is 2. The minimum atomic E-state index is -0.956. The van der Waals surface area contributed by atoms with Gasteiger partial charge in [-0.2, -0.15) is 0 Å². The fourth-order valence-electron chi connectivity index (χ4n) is 4.67.